The summed E-state index contributed by atoms with van der Waals surface area (Å²) in [5, 5.41) is 3.34. The van der Waals surface area contributed by atoms with Gasteiger partial charge >= 0.3 is 0 Å². The number of hydrogen-bond acceptors (Lipinski definition) is 5. The number of aromatic nitrogens is 2. The summed E-state index contributed by atoms with van der Waals surface area (Å²) < 4.78 is 5.68. The van der Waals surface area contributed by atoms with Crippen LogP contribution in [0.4, 0.5) is 5.95 Å². The molecule has 0 spiro atoms. The third-order valence-electron chi connectivity index (χ3n) is 3.10. The van der Waals surface area contributed by atoms with Crippen molar-refractivity contribution >= 4 is 5.95 Å². The minimum Gasteiger partial charge on any atom is -0.376 e. The van der Waals surface area contributed by atoms with Gasteiger partial charge in [-0.2, -0.15) is 0 Å². The Hall–Kier alpha value is -1.20. The van der Waals surface area contributed by atoms with Crippen LogP contribution in [-0.2, 0) is 4.74 Å². The standard InChI is InChI=1S/C13H22N4O/c1-10-8-11(2)16-13(15-10)17(3)6-4-12-9-14-5-7-18-12/h8,12,14H,4-7,9H2,1-3H3. The van der Waals surface area contributed by atoms with Crippen molar-refractivity contribution in [1.29, 1.82) is 0 Å². The zero-order valence-electron chi connectivity index (χ0n) is 11.4. The highest BCUT2D eigenvalue weighted by Crippen LogP contribution is 2.10. The zero-order valence-corrected chi connectivity index (χ0v) is 11.4. The fourth-order valence-electron chi connectivity index (χ4n) is 2.12. The first kappa shape index (κ1) is 13.2. The molecule has 18 heavy (non-hydrogen) atoms. The highest BCUT2D eigenvalue weighted by molar-refractivity contribution is 5.30. The molecule has 1 aliphatic heterocycles. The molecule has 5 nitrogen and oxygen atoms in total. The van der Waals surface area contributed by atoms with Crippen molar-refractivity contribution in [1.82, 2.24) is 15.3 Å². The SMILES string of the molecule is Cc1cc(C)nc(N(C)CCC2CNCCO2)n1. The molecule has 0 aromatic carbocycles. The monoisotopic (exact) mass is 250 g/mol. The molecule has 1 aromatic rings. The Morgan fingerprint density at radius 3 is 2.72 bits per heavy atom. The van der Waals surface area contributed by atoms with Crippen molar-refractivity contribution < 1.29 is 4.74 Å². The van der Waals surface area contributed by atoms with Gasteiger partial charge in [-0.05, 0) is 26.3 Å². The first-order chi connectivity index (χ1) is 8.65. The molecule has 2 rings (SSSR count). The second-order valence-corrected chi connectivity index (χ2v) is 4.86. The van der Waals surface area contributed by atoms with Crippen molar-refractivity contribution in [3.63, 3.8) is 0 Å². The molecule has 5 heteroatoms. The number of rotatable bonds is 4. The number of aryl methyl sites for hydroxylation is 2. The first-order valence-corrected chi connectivity index (χ1v) is 6.51. The van der Waals surface area contributed by atoms with Crippen LogP contribution in [0.1, 0.15) is 17.8 Å². The van der Waals surface area contributed by atoms with E-state index in [-0.39, 0.29) is 0 Å². The summed E-state index contributed by atoms with van der Waals surface area (Å²) in [6.45, 7) is 7.64. The molecular formula is C13H22N4O. The molecule has 1 fully saturated rings. The highest BCUT2D eigenvalue weighted by Gasteiger charge is 2.14. The molecule has 1 saturated heterocycles. The third kappa shape index (κ3) is 3.65. The summed E-state index contributed by atoms with van der Waals surface area (Å²) in [6, 6.07) is 1.99. The van der Waals surface area contributed by atoms with E-state index >= 15 is 0 Å². The summed E-state index contributed by atoms with van der Waals surface area (Å²) in [4.78, 5) is 11.0. The van der Waals surface area contributed by atoms with E-state index in [1.165, 1.54) is 0 Å². The zero-order chi connectivity index (χ0) is 13.0. The Morgan fingerprint density at radius 2 is 2.11 bits per heavy atom. The summed E-state index contributed by atoms with van der Waals surface area (Å²) in [7, 11) is 2.03. The Kier molecular flexibility index (Phi) is 4.49. The van der Waals surface area contributed by atoms with Gasteiger partial charge in [0.15, 0.2) is 0 Å². The number of hydrogen-bond donors (Lipinski definition) is 1. The summed E-state index contributed by atoms with van der Waals surface area (Å²) in [5.74, 6) is 0.802. The summed E-state index contributed by atoms with van der Waals surface area (Å²) in [6.07, 6.45) is 1.31. The highest BCUT2D eigenvalue weighted by atomic mass is 16.5. The topological polar surface area (TPSA) is 50.3 Å². The molecule has 1 aliphatic rings. The lowest BCUT2D eigenvalue weighted by Gasteiger charge is -2.26. The van der Waals surface area contributed by atoms with Gasteiger partial charge in [-0.25, -0.2) is 9.97 Å². The van der Waals surface area contributed by atoms with E-state index in [9.17, 15) is 0 Å². The predicted molar refractivity (Wildman–Crippen MR) is 72.0 cm³/mol. The first-order valence-electron chi connectivity index (χ1n) is 6.51. The van der Waals surface area contributed by atoms with E-state index in [0.717, 1.165) is 50.0 Å². The summed E-state index contributed by atoms with van der Waals surface area (Å²) >= 11 is 0. The Balaban J connectivity index is 1.88. The van der Waals surface area contributed by atoms with E-state index in [4.69, 9.17) is 4.74 Å². The molecule has 1 unspecified atom stereocenters. The van der Waals surface area contributed by atoms with Gasteiger partial charge in [0.2, 0.25) is 5.95 Å². The predicted octanol–water partition coefficient (Wildman–Crippen LogP) is 0.908. The average Bonchev–Trinajstić information content (AvgIpc) is 2.36. The molecule has 0 saturated carbocycles. The van der Waals surface area contributed by atoms with Crippen LogP contribution >= 0.6 is 0 Å². The van der Waals surface area contributed by atoms with Gasteiger partial charge in [-0.3, -0.25) is 0 Å². The number of anilines is 1. The van der Waals surface area contributed by atoms with Crippen LogP contribution in [-0.4, -0.2) is 49.4 Å². The minimum atomic E-state index is 0.312. The van der Waals surface area contributed by atoms with Crippen LogP contribution < -0.4 is 10.2 Å². The van der Waals surface area contributed by atoms with E-state index in [2.05, 4.69) is 20.2 Å². The lowest BCUT2D eigenvalue weighted by molar-refractivity contribution is 0.0250. The maximum atomic E-state index is 5.68. The number of ether oxygens (including phenoxy) is 1. The average molecular weight is 250 g/mol. The van der Waals surface area contributed by atoms with Gasteiger partial charge < -0.3 is 15.0 Å². The van der Waals surface area contributed by atoms with Crippen LogP contribution in [0.25, 0.3) is 0 Å². The van der Waals surface area contributed by atoms with E-state index in [0.29, 0.717) is 6.10 Å². The largest absolute Gasteiger partial charge is 0.376 e. The van der Waals surface area contributed by atoms with Crippen LogP contribution in [0.3, 0.4) is 0 Å². The van der Waals surface area contributed by atoms with E-state index in [1.54, 1.807) is 0 Å². The van der Waals surface area contributed by atoms with Gasteiger partial charge in [0.1, 0.15) is 0 Å². The molecule has 0 radical (unpaired) electrons. The Bertz CT molecular complexity index is 370. The quantitative estimate of drug-likeness (QED) is 0.860. The molecule has 0 aliphatic carbocycles. The fourth-order valence-corrected chi connectivity index (χ4v) is 2.12. The van der Waals surface area contributed by atoms with Crippen molar-refractivity contribution in [3.8, 4) is 0 Å². The van der Waals surface area contributed by atoms with Gasteiger partial charge in [0.05, 0.1) is 12.7 Å². The molecule has 2 heterocycles. The summed E-state index contributed by atoms with van der Waals surface area (Å²) in [5.41, 5.74) is 2.03. The lowest BCUT2D eigenvalue weighted by atomic mass is 10.2. The molecular weight excluding hydrogens is 228 g/mol. The second-order valence-electron chi connectivity index (χ2n) is 4.86. The Morgan fingerprint density at radius 1 is 1.39 bits per heavy atom. The molecule has 1 N–H and O–H groups in total. The van der Waals surface area contributed by atoms with Crippen molar-refractivity contribution in [3.05, 3.63) is 17.5 Å². The molecule has 100 valence electrons. The number of morpholine rings is 1. The van der Waals surface area contributed by atoms with Gasteiger partial charge in [-0.15, -0.1) is 0 Å². The molecule has 1 atom stereocenters. The van der Waals surface area contributed by atoms with Crippen LogP contribution in [0.2, 0.25) is 0 Å². The Labute approximate surface area is 109 Å². The van der Waals surface area contributed by atoms with Gasteiger partial charge in [0, 0.05) is 38.1 Å². The smallest absolute Gasteiger partial charge is 0.225 e. The van der Waals surface area contributed by atoms with Crippen molar-refractivity contribution in [2.24, 2.45) is 0 Å². The van der Waals surface area contributed by atoms with Gasteiger partial charge in [-0.1, -0.05) is 0 Å². The maximum absolute atomic E-state index is 5.68. The minimum absolute atomic E-state index is 0.312. The third-order valence-corrected chi connectivity index (χ3v) is 3.10. The number of nitrogens with zero attached hydrogens (tertiary/aromatic N) is 3. The van der Waals surface area contributed by atoms with Crippen molar-refractivity contribution in [2.75, 3.05) is 38.2 Å². The maximum Gasteiger partial charge on any atom is 0.225 e. The van der Waals surface area contributed by atoms with Crippen molar-refractivity contribution in [2.45, 2.75) is 26.4 Å². The fraction of sp³-hybridized carbons (Fsp3) is 0.692. The van der Waals surface area contributed by atoms with Crippen LogP contribution in [0, 0.1) is 13.8 Å². The molecule has 1 aromatic heterocycles. The van der Waals surface area contributed by atoms with E-state index in [1.807, 2.05) is 27.0 Å². The van der Waals surface area contributed by atoms with Crippen LogP contribution in [0.5, 0.6) is 0 Å². The van der Waals surface area contributed by atoms with E-state index < -0.39 is 0 Å². The lowest BCUT2D eigenvalue weighted by Crippen LogP contribution is -2.40. The normalized spacial score (nSPS) is 19.8. The van der Waals surface area contributed by atoms with Gasteiger partial charge in [0.25, 0.3) is 0 Å². The van der Waals surface area contributed by atoms with Crippen LogP contribution in [0.15, 0.2) is 6.07 Å². The molecule has 0 bridgehead atoms. The number of nitrogens with one attached hydrogen (secondary N) is 1. The second kappa shape index (κ2) is 6.11. The molecule has 0 amide bonds.